The molecule has 0 aromatic heterocycles. The van der Waals surface area contributed by atoms with Gasteiger partial charge in [0.1, 0.15) is 18.8 Å². The summed E-state index contributed by atoms with van der Waals surface area (Å²) in [6.07, 6.45) is 1.84. The smallest absolute Gasteiger partial charge is 0.305 e. The van der Waals surface area contributed by atoms with Crippen LogP contribution in [0.5, 0.6) is 0 Å². The summed E-state index contributed by atoms with van der Waals surface area (Å²) >= 11 is 0. The lowest BCUT2D eigenvalue weighted by molar-refractivity contribution is -0.141. The van der Waals surface area contributed by atoms with E-state index in [-0.39, 0.29) is 0 Å². The van der Waals surface area contributed by atoms with Crippen molar-refractivity contribution in [1.29, 1.82) is 0 Å². The molecule has 1 rings (SSSR count). The molecular weight excluding hydrogens is 271 g/mol. The number of likely N-dealkylation sites (tertiary alicyclic amines) is 1. The summed E-state index contributed by atoms with van der Waals surface area (Å²) in [6, 6.07) is -2.13. The van der Waals surface area contributed by atoms with E-state index in [1.807, 2.05) is 0 Å². The van der Waals surface area contributed by atoms with E-state index in [9.17, 15) is 23.6 Å². The van der Waals surface area contributed by atoms with Gasteiger partial charge in [0.2, 0.25) is 12.3 Å². The van der Waals surface area contributed by atoms with E-state index in [4.69, 9.17) is 5.11 Å². The van der Waals surface area contributed by atoms with Crippen LogP contribution in [0.4, 0.5) is 4.39 Å². The first-order valence-electron chi connectivity index (χ1n) is 6.31. The van der Waals surface area contributed by atoms with Crippen LogP contribution >= 0.6 is 0 Å². The van der Waals surface area contributed by atoms with Crippen molar-refractivity contribution in [2.75, 3.05) is 13.2 Å². The van der Waals surface area contributed by atoms with Crippen molar-refractivity contribution in [3.05, 3.63) is 0 Å². The average Bonchev–Trinajstić information content (AvgIpc) is 2.45. The molecule has 2 atom stereocenters. The Morgan fingerprint density at radius 3 is 2.65 bits per heavy atom. The fraction of sp³-hybridized carbons (Fsp3) is 0.667. The summed E-state index contributed by atoms with van der Waals surface area (Å²) in [5.74, 6) is -2.92. The van der Waals surface area contributed by atoms with Gasteiger partial charge < -0.3 is 15.3 Å². The Bertz CT molecular complexity index is 401. The van der Waals surface area contributed by atoms with Crippen molar-refractivity contribution in [1.82, 2.24) is 10.2 Å². The summed E-state index contributed by atoms with van der Waals surface area (Å²) in [5, 5.41) is 10.9. The molecule has 0 bridgehead atoms. The number of amides is 2. The minimum Gasteiger partial charge on any atom is -0.481 e. The van der Waals surface area contributed by atoms with E-state index in [1.54, 1.807) is 0 Å². The third-order valence-corrected chi connectivity index (χ3v) is 3.20. The monoisotopic (exact) mass is 288 g/mol. The molecule has 20 heavy (non-hydrogen) atoms. The number of carboxylic acid groups (broad SMARTS) is 1. The van der Waals surface area contributed by atoms with E-state index < -0.39 is 42.8 Å². The molecule has 0 aliphatic carbocycles. The number of carbonyl (C=O) groups is 4. The van der Waals surface area contributed by atoms with Gasteiger partial charge in [-0.2, -0.15) is 0 Å². The number of nitrogens with one attached hydrogen (secondary N) is 1. The molecular formula is C12H17FN2O5. The number of alkyl halides is 1. The molecule has 1 heterocycles. The molecule has 2 amide bonds. The lowest BCUT2D eigenvalue weighted by Gasteiger charge is -2.32. The Hall–Kier alpha value is -1.99. The maximum atomic E-state index is 12.4. The molecule has 2 unspecified atom stereocenters. The predicted molar refractivity (Wildman–Crippen MR) is 65.6 cm³/mol. The maximum absolute atomic E-state index is 12.4. The Labute approximate surface area is 115 Å². The van der Waals surface area contributed by atoms with Crippen LogP contribution in [-0.4, -0.2) is 59.4 Å². The second-order valence-corrected chi connectivity index (χ2v) is 4.61. The van der Waals surface area contributed by atoms with Crippen molar-refractivity contribution in [2.45, 2.75) is 37.8 Å². The van der Waals surface area contributed by atoms with Gasteiger partial charge in [0.05, 0.1) is 6.42 Å². The van der Waals surface area contributed by atoms with Crippen molar-refractivity contribution in [3.63, 3.8) is 0 Å². The Balaban J connectivity index is 2.70. The highest BCUT2D eigenvalue weighted by atomic mass is 19.1. The molecule has 7 nitrogen and oxygen atoms in total. The van der Waals surface area contributed by atoms with E-state index >= 15 is 0 Å². The highest BCUT2D eigenvalue weighted by Crippen LogP contribution is 2.15. The molecule has 112 valence electrons. The molecule has 0 saturated carbocycles. The van der Waals surface area contributed by atoms with Crippen molar-refractivity contribution in [2.24, 2.45) is 0 Å². The van der Waals surface area contributed by atoms with Gasteiger partial charge in [-0.1, -0.05) is 0 Å². The van der Waals surface area contributed by atoms with E-state index in [0.29, 0.717) is 19.4 Å². The van der Waals surface area contributed by atoms with Crippen LogP contribution in [0.3, 0.4) is 0 Å². The second-order valence-electron chi connectivity index (χ2n) is 4.61. The first-order valence-corrected chi connectivity index (χ1v) is 6.31. The number of piperidine rings is 1. The quantitative estimate of drug-likeness (QED) is 0.614. The van der Waals surface area contributed by atoms with Crippen molar-refractivity contribution >= 4 is 24.1 Å². The largest absolute Gasteiger partial charge is 0.481 e. The predicted octanol–water partition coefficient (Wildman–Crippen LogP) is -0.505. The summed E-state index contributed by atoms with van der Waals surface area (Å²) in [6.45, 7) is -0.914. The van der Waals surface area contributed by atoms with Crippen LogP contribution in [0.2, 0.25) is 0 Å². The normalized spacial score (nSPS) is 20.1. The number of ketones is 1. The summed E-state index contributed by atoms with van der Waals surface area (Å²) in [5.41, 5.74) is 0. The molecule has 1 aliphatic heterocycles. The Morgan fingerprint density at radius 1 is 1.40 bits per heavy atom. The van der Waals surface area contributed by atoms with E-state index in [2.05, 4.69) is 5.32 Å². The number of carbonyl (C=O) groups excluding carboxylic acids is 3. The molecule has 0 spiro atoms. The molecule has 0 aromatic rings. The summed E-state index contributed by atoms with van der Waals surface area (Å²) in [7, 11) is 0. The van der Waals surface area contributed by atoms with Gasteiger partial charge in [0.15, 0.2) is 5.78 Å². The number of halogens is 1. The minimum absolute atomic E-state index is 0.433. The molecule has 8 heteroatoms. The van der Waals surface area contributed by atoms with Crippen LogP contribution in [0.15, 0.2) is 0 Å². The van der Waals surface area contributed by atoms with Gasteiger partial charge in [0.25, 0.3) is 0 Å². The number of hydrogen-bond donors (Lipinski definition) is 2. The number of rotatable bonds is 7. The van der Waals surface area contributed by atoms with E-state index in [1.165, 1.54) is 4.90 Å². The fourth-order valence-corrected chi connectivity index (χ4v) is 2.14. The van der Waals surface area contributed by atoms with Crippen LogP contribution in [0, 0.1) is 0 Å². The lowest BCUT2D eigenvalue weighted by atomic mass is 10.0. The number of Topliss-reactive ketones (excluding diaryl/α,β-unsaturated/α-hetero) is 1. The molecule has 1 fully saturated rings. The zero-order valence-corrected chi connectivity index (χ0v) is 10.9. The molecule has 1 aliphatic rings. The summed E-state index contributed by atoms with van der Waals surface area (Å²) < 4.78 is 12.4. The zero-order valence-electron chi connectivity index (χ0n) is 10.9. The second kappa shape index (κ2) is 7.56. The van der Waals surface area contributed by atoms with Gasteiger partial charge in [-0.05, 0) is 19.3 Å². The third kappa shape index (κ3) is 4.29. The van der Waals surface area contributed by atoms with E-state index in [0.717, 1.165) is 12.8 Å². The molecule has 0 aromatic carbocycles. The van der Waals surface area contributed by atoms with Gasteiger partial charge in [-0.15, -0.1) is 0 Å². The Morgan fingerprint density at radius 2 is 2.10 bits per heavy atom. The average molecular weight is 288 g/mol. The molecule has 2 N–H and O–H groups in total. The number of hydrogen-bond acceptors (Lipinski definition) is 4. The zero-order chi connectivity index (χ0) is 15.1. The minimum atomic E-state index is -1.40. The van der Waals surface area contributed by atoms with Gasteiger partial charge in [-0.25, -0.2) is 4.39 Å². The van der Waals surface area contributed by atoms with Gasteiger partial charge in [-0.3, -0.25) is 19.2 Å². The topological polar surface area (TPSA) is 104 Å². The highest BCUT2D eigenvalue weighted by molar-refractivity contribution is 5.94. The molecule has 0 radical (unpaired) electrons. The third-order valence-electron chi connectivity index (χ3n) is 3.20. The number of aliphatic carboxylic acids is 1. The number of nitrogens with zero attached hydrogens (tertiary/aromatic N) is 1. The van der Waals surface area contributed by atoms with Crippen LogP contribution < -0.4 is 5.32 Å². The maximum Gasteiger partial charge on any atom is 0.305 e. The first kappa shape index (κ1) is 16.1. The van der Waals surface area contributed by atoms with Crippen LogP contribution in [0.25, 0.3) is 0 Å². The first-order chi connectivity index (χ1) is 9.49. The highest BCUT2D eigenvalue weighted by Gasteiger charge is 2.31. The van der Waals surface area contributed by atoms with Crippen LogP contribution in [-0.2, 0) is 19.2 Å². The Kier molecular flexibility index (Phi) is 6.08. The van der Waals surface area contributed by atoms with Crippen molar-refractivity contribution in [3.8, 4) is 0 Å². The summed E-state index contributed by atoms with van der Waals surface area (Å²) in [4.78, 5) is 46.1. The van der Waals surface area contributed by atoms with Gasteiger partial charge >= 0.3 is 5.97 Å². The SMILES string of the molecule is O=CN1CCCCC1C(=O)NC(CC(=O)O)C(=O)CF. The van der Waals surface area contributed by atoms with Gasteiger partial charge in [0, 0.05) is 6.54 Å². The lowest BCUT2D eigenvalue weighted by Crippen LogP contribution is -2.53. The number of carboxylic acids is 1. The standard InChI is InChI=1S/C12H17FN2O5/c13-6-10(17)8(5-11(18)19)14-12(20)9-3-1-2-4-15(9)7-16/h7-9H,1-6H2,(H,14,20)(H,18,19). The fourth-order valence-electron chi connectivity index (χ4n) is 2.14. The van der Waals surface area contributed by atoms with Crippen LogP contribution in [0.1, 0.15) is 25.7 Å². The molecule has 1 saturated heterocycles. The van der Waals surface area contributed by atoms with Crippen molar-refractivity contribution < 1.29 is 28.7 Å².